The molecule has 0 aromatic heterocycles. The van der Waals surface area contributed by atoms with Crippen LogP contribution in [-0.2, 0) is 9.84 Å². The van der Waals surface area contributed by atoms with Gasteiger partial charge in [-0.1, -0.05) is 23.7 Å². The number of hydrogen-bond acceptors (Lipinski definition) is 3. The fourth-order valence-electron chi connectivity index (χ4n) is 2.01. The summed E-state index contributed by atoms with van der Waals surface area (Å²) >= 11 is 5.80. The first-order valence-corrected chi connectivity index (χ1v) is 8.82. The van der Waals surface area contributed by atoms with E-state index in [4.69, 9.17) is 11.6 Å². The van der Waals surface area contributed by atoms with E-state index in [0.717, 1.165) is 17.7 Å². The second kappa shape index (κ2) is 7.27. The maximum atomic E-state index is 12.5. The molecule has 0 aliphatic heterocycles. The number of carbonyl (C=O) groups is 1. The number of rotatable bonds is 5. The third kappa shape index (κ3) is 4.10. The number of benzene rings is 2. The van der Waals surface area contributed by atoms with Crippen LogP contribution >= 0.6 is 11.6 Å². The van der Waals surface area contributed by atoms with Crippen LogP contribution in [0.5, 0.6) is 0 Å². The average Bonchev–Trinajstić information content (AvgIpc) is 2.55. The fraction of sp³-hybridized carbons (Fsp3) is 0.188. The molecule has 0 aliphatic rings. The third-order valence-corrected chi connectivity index (χ3v) is 5.05. The molecule has 24 heavy (non-hydrogen) atoms. The first-order chi connectivity index (χ1) is 11.2. The first kappa shape index (κ1) is 18.4. The average molecular weight is 374 g/mol. The van der Waals surface area contributed by atoms with Gasteiger partial charge >= 0.3 is 5.76 Å². The number of carbonyl (C=O) groups excluding carboxylic acids is 1. The summed E-state index contributed by atoms with van der Waals surface area (Å²) in [5, 5.41) is 3.31. The molecule has 0 radical (unpaired) electrons. The summed E-state index contributed by atoms with van der Waals surface area (Å²) in [6, 6.07) is 11.0. The van der Waals surface area contributed by atoms with Crippen LogP contribution in [0.4, 0.5) is 8.78 Å². The Bertz CT molecular complexity index is 821. The van der Waals surface area contributed by atoms with Crippen molar-refractivity contribution in [1.82, 2.24) is 5.32 Å². The minimum Gasteiger partial charge on any atom is -0.346 e. The number of nitrogens with one attached hydrogen (secondary N) is 1. The predicted octanol–water partition coefficient (Wildman–Crippen LogP) is 3.83. The molecule has 1 N–H and O–H groups in total. The number of halogens is 3. The molecule has 0 saturated carbocycles. The second-order valence-corrected chi connectivity index (χ2v) is 7.43. The van der Waals surface area contributed by atoms with E-state index in [2.05, 4.69) is 5.32 Å². The largest absolute Gasteiger partial charge is 0.346 e. The van der Waals surface area contributed by atoms with Gasteiger partial charge in [0.2, 0.25) is 9.84 Å². The van der Waals surface area contributed by atoms with Gasteiger partial charge in [0.25, 0.3) is 5.91 Å². The quantitative estimate of drug-likeness (QED) is 0.866. The van der Waals surface area contributed by atoms with E-state index in [0.29, 0.717) is 5.02 Å². The molecular formula is C16H14ClF2NO3S. The van der Waals surface area contributed by atoms with Gasteiger partial charge in [-0.3, -0.25) is 4.79 Å². The first-order valence-electron chi connectivity index (χ1n) is 6.90. The van der Waals surface area contributed by atoms with Crippen molar-refractivity contribution in [2.75, 3.05) is 0 Å². The molecule has 0 unspecified atom stereocenters. The smallest absolute Gasteiger partial charge is 0.341 e. The summed E-state index contributed by atoms with van der Waals surface area (Å²) in [5.74, 6) is -3.94. The predicted molar refractivity (Wildman–Crippen MR) is 87.0 cm³/mol. The minimum atomic E-state index is -4.67. The zero-order chi connectivity index (χ0) is 17.9. The Hall–Kier alpha value is -1.99. The number of alkyl halides is 2. The molecule has 0 aliphatic carbocycles. The Kier molecular flexibility index (Phi) is 5.56. The zero-order valence-corrected chi connectivity index (χ0v) is 14.1. The normalized spacial score (nSPS) is 12.9. The van der Waals surface area contributed by atoms with Crippen molar-refractivity contribution in [3.05, 3.63) is 64.7 Å². The maximum Gasteiger partial charge on any atom is 0.341 e. The monoisotopic (exact) mass is 373 g/mol. The summed E-state index contributed by atoms with van der Waals surface area (Å²) in [6.07, 6.45) is 0. The molecule has 2 rings (SSSR count). The Balaban J connectivity index is 2.11. The summed E-state index contributed by atoms with van der Waals surface area (Å²) in [5.41, 5.74) is 1.01. The van der Waals surface area contributed by atoms with Crippen LogP contribution in [0.3, 0.4) is 0 Å². The van der Waals surface area contributed by atoms with Gasteiger partial charge in [0.1, 0.15) is 0 Å². The highest BCUT2D eigenvalue weighted by Crippen LogP contribution is 2.20. The van der Waals surface area contributed by atoms with Gasteiger partial charge in [0, 0.05) is 10.6 Å². The Morgan fingerprint density at radius 3 is 2.08 bits per heavy atom. The molecule has 0 bridgehead atoms. The standard InChI is InChI=1S/C16H14ClF2NO3S/c1-10(11-2-6-13(17)7-3-11)20-15(21)12-4-8-14(9-5-12)24(22,23)16(18)19/h2-10,16H,1H3,(H,20,21)/t10-/m0/s1. The molecule has 4 nitrogen and oxygen atoms in total. The lowest BCUT2D eigenvalue weighted by molar-refractivity contribution is 0.0940. The Labute approximate surface area is 143 Å². The van der Waals surface area contributed by atoms with Gasteiger partial charge in [-0.05, 0) is 48.9 Å². The van der Waals surface area contributed by atoms with Crippen molar-refractivity contribution in [2.24, 2.45) is 0 Å². The second-order valence-electron chi connectivity index (χ2n) is 5.08. The fourth-order valence-corrected chi connectivity index (χ4v) is 2.86. The highest BCUT2D eigenvalue weighted by Gasteiger charge is 2.26. The Morgan fingerprint density at radius 2 is 1.58 bits per heavy atom. The van der Waals surface area contributed by atoms with E-state index in [-0.39, 0.29) is 11.6 Å². The highest BCUT2D eigenvalue weighted by molar-refractivity contribution is 7.91. The van der Waals surface area contributed by atoms with Gasteiger partial charge in [-0.2, -0.15) is 8.78 Å². The van der Waals surface area contributed by atoms with Crippen LogP contribution in [0.2, 0.25) is 5.02 Å². The van der Waals surface area contributed by atoms with E-state index in [9.17, 15) is 22.0 Å². The molecular weight excluding hydrogens is 360 g/mol. The van der Waals surface area contributed by atoms with Crippen molar-refractivity contribution in [3.8, 4) is 0 Å². The van der Waals surface area contributed by atoms with E-state index in [1.807, 2.05) is 0 Å². The van der Waals surface area contributed by atoms with Gasteiger partial charge in [-0.15, -0.1) is 0 Å². The summed E-state index contributed by atoms with van der Waals surface area (Å²) in [6.45, 7) is 1.77. The maximum absolute atomic E-state index is 12.5. The van der Waals surface area contributed by atoms with Crippen molar-refractivity contribution < 1.29 is 22.0 Å². The molecule has 8 heteroatoms. The third-order valence-electron chi connectivity index (χ3n) is 3.40. The lowest BCUT2D eigenvalue weighted by Gasteiger charge is -2.14. The van der Waals surface area contributed by atoms with E-state index < -0.39 is 26.4 Å². The van der Waals surface area contributed by atoms with E-state index in [1.54, 1.807) is 31.2 Å². The van der Waals surface area contributed by atoms with Gasteiger partial charge in [0.05, 0.1) is 10.9 Å². The number of hydrogen-bond donors (Lipinski definition) is 1. The van der Waals surface area contributed by atoms with Crippen molar-refractivity contribution in [3.63, 3.8) is 0 Å². The molecule has 0 saturated heterocycles. The Morgan fingerprint density at radius 1 is 1.04 bits per heavy atom. The van der Waals surface area contributed by atoms with Crippen LogP contribution in [0.25, 0.3) is 0 Å². The van der Waals surface area contributed by atoms with Crippen LogP contribution in [0.15, 0.2) is 53.4 Å². The van der Waals surface area contributed by atoms with Crippen molar-refractivity contribution in [1.29, 1.82) is 0 Å². The van der Waals surface area contributed by atoms with Gasteiger partial charge < -0.3 is 5.32 Å². The molecule has 1 amide bonds. The van der Waals surface area contributed by atoms with Gasteiger partial charge in [-0.25, -0.2) is 8.42 Å². The summed E-state index contributed by atoms with van der Waals surface area (Å²) < 4.78 is 47.6. The lowest BCUT2D eigenvalue weighted by atomic mass is 10.1. The highest BCUT2D eigenvalue weighted by atomic mass is 35.5. The van der Waals surface area contributed by atoms with Gasteiger partial charge in [0.15, 0.2) is 0 Å². The lowest BCUT2D eigenvalue weighted by Crippen LogP contribution is -2.26. The molecule has 1 atom stereocenters. The molecule has 0 heterocycles. The van der Waals surface area contributed by atoms with E-state index >= 15 is 0 Å². The number of amides is 1. The van der Waals surface area contributed by atoms with Crippen molar-refractivity contribution >= 4 is 27.3 Å². The minimum absolute atomic E-state index is 0.170. The topological polar surface area (TPSA) is 63.2 Å². The zero-order valence-electron chi connectivity index (χ0n) is 12.5. The number of sulfone groups is 1. The molecule has 0 fully saturated rings. The molecule has 128 valence electrons. The van der Waals surface area contributed by atoms with Crippen LogP contribution in [-0.4, -0.2) is 20.1 Å². The molecule has 2 aromatic rings. The summed E-state index contributed by atoms with van der Waals surface area (Å²) in [4.78, 5) is 11.6. The van der Waals surface area contributed by atoms with Crippen molar-refractivity contribution in [2.45, 2.75) is 23.6 Å². The SMILES string of the molecule is C[C@H](NC(=O)c1ccc(S(=O)(=O)C(F)F)cc1)c1ccc(Cl)cc1. The summed E-state index contributed by atoms with van der Waals surface area (Å²) in [7, 11) is -4.67. The van der Waals surface area contributed by atoms with Crippen LogP contribution in [0.1, 0.15) is 28.9 Å². The van der Waals surface area contributed by atoms with Crippen LogP contribution in [0, 0.1) is 0 Å². The van der Waals surface area contributed by atoms with Crippen LogP contribution < -0.4 is 5.32 Å². The van der Waals surface area contributed by atoms with E-state index in [1.165, 1.54) is 12.1 Å². The molecule has 2 aromatic carbocycles. The molecule has 0 spiro atoms.